The van der Waals surface area contributed by atoms with Gasteiger partial charge in [0, 0.05) is 50.2 Å². The van der Waals surface area contributed by atoms with Gasteiger partial charge in [0.05, 0.1) is 5.69 Å². The number of carbonyl (C=O) groups is 1. The van der Waals surface area contributed by atoms with E-state index in [4.69, 9.17) is 4.98 Å². The summed E-state index contributed by atoms with van der Waals surface area (Å²) in [5.74, 6) is 0.916. The number of anilines is 1. The molecule has 0 radical (unpaired) electrons. The highest BCUT2D eigenvalue weighted by Gasteiger charge is 2.25. The Balaban J connectivity index is 1.34. The zero-order chi connectivity index (χ0) is 24.5. The number of hydrogen-bond donors (Lipinski definition) is 0. The van der Waals surface area contributed by atoms with Gasteiger partial charge in [-0.25, -0.2) is 14.5 Å². The van der Waals surface area contributed by atoms with Gasteiger partial charge < -0.3 is 14.7 Å². The molecule has 4 aromatic rings. The highest BCUT2D eigenvalue weighted by molar-refractivity contribution is 5.94. The topological polar surface area (TPSA) is 69.9 Å². The first-order valence-corrected chi connectivity index (χ1v) is 12.0. The molecule has 0 saturated carbocycles. The standard InChI is InChI=1S/C27H31N7O/c1-19-16-23(29-26-25(20(2)30-34(19)26)22-8-6-5-7-9-22)27(35)33-14-12-32(13-15-33)24-11-10-21(17-28-24)18-31(3)4/h5-11,16-17H,12-15,18H2,1-4H3. The first kappa shape index (κ1) is 23.0. The molecule has 1 amide bonds. The van der Waals surface area contributed by atoms with Gasteiger partial charge >= 0.3 is 0 Å². The van der Waals surface area contributed by atoms with Crippen molar-refractivity contribution >= 4 is 17.4 Å². The molecule has 5 rings (SSSR count). The summed E-state index contributed by atoms with van der Waals surface area (Å²) in [6, 6.07) is 16.1. The number of amides is 1. The number of aromatic nitrogens is 4. The average molecular weight is 470 g/mol. The van der Waals surface area contributed by atoms with Crippen LogP contribution in [0.15, 0.2) is 54.7 Å². The lowest BCUT2D eigenvalue weighted by Crippen LogP contribution is -2.49. The fourth-order valence-electron chi connectivity index (χ4n) is 4.69. The van der Waals surface area contributed by atoms with Crippen LogP contribution in [0.25, 0.3) is 16.8 Å². The Labute approximate surface area is 205 Å². The predicted molar refractivity (Wildman–Crippen MR) is 138 cm³/mol. The maximum Gasteiger partial charge on any atom is 0.272 e. The average Bonchev–Trinajstić information content (AvgIpc) is 3.21. The number of benzene rings is 1. The fraction of sp³-hybridized carbons (Fsp3) is 0.333. The van der Waals surface area contributed by atoms with Crippen LogP contribution in [0.1, 0.15) is 27.4 Å². The van der Waals surface area contributed by atoms with Crippen LogP contribution in [0.5, 0.6) is 0 Å². The second-order valence-corrected chi connectivity index (χ2v) is 9.39. The normalized spacial score (nSPS) is 14.2. The Hall–Kier alpha value is -3.78. The van der Waals surface area contributed by atoms with Gasteiger partial charge in [0.1, 0.15) is 11.5 Å². The molecule has 0 aliphatic carbocycles. The third-order valence-electron chi connectivity index (χ3n) is 6.42. The van der Waals surface area contributed by atoms with Crippen LogP contribution in [0.2, 0.25) is 0 Å². The van der Waals surface area contributed by atoms with Crippen LogP contribution in [0.4, 0.5) is 5.82 Å². The minimum absolute atomic E-state index is 0.0394. The van der Waals surface area contributed by atoms with Crippen LogP contribution in [-0.4, -0.2) is 75.6 Å². The number of rotatable bonds is 5. The van der Waals surface area contributed by atoms with Crippen LogP contribution in [0, 0.1) is 13.8 Å². The van der Waals surface area contributed by atoms with Crippen molar-refractivity contribution in [3.05, 3.63) is 77.4 Å². The van der Waals surface area contributed by atoms with Crippen molar-refractivity contribution < 1.29 is 4.79 Å². The molecule has 1 aliphatic rings. The summed E-state index contributed by atoms with van der Waals surface area (Å²) >= 11 is 0. The number of carbonyl (C=O) groups excluding carboxylic acids is 1. The molecule has 180 valence electrons. The molecule has 0 atom stereocenters. The molecular weight excluding hydrogens is 438 g/mol. The van der Waals surface area contributed by atoms with E-state index in [1.54, 1.807) is 0 Å². The second-order valence-electron chi connectivity index (χ2n) is 9.39. The van der Waals surface area contributed by atoms with E-state index in [1.165, 1.54) is 5.56 Å². The van der Waals surface area contributed by atoms with Gasteiger partial charge in [-0.15, -0.1) is 0 Å². The largest absolute Gasteiger partial charge is 0.353 e. The molecule has 3 aromatic heterocycles. The number of piperazine rings is 1. The molecule has 8 heteroatoms. The summed E-state index contributed by atoms with van der Waals surface area (Å²) in [5, 5.41) is 4.68. The van der Waals surface area contributed by atoms with E-state index in [0.717, 1.165) is 53.6 Å². The third-order valence-corrected chi connectivity index (χ3v) is 6.42. The van der Waals surface area contributed by atoms with Gasteiger partial charge in [-0.3, -0.25) is 4.79 Å². The lowest BCUT2D eigenvalue weighted by Gasteiger charge is -2.35. The number of nitrogens with zero attached hydrogens (tertiary/aromatic N) is 7. The number of aryl methyl sites for hydroxylation is 2. The minimum Gasteiger partial charge on any atom is -0.353 e. The maximum atomic E-state index is 13.4. The molecule has 0 N–H and O–H groups in total. The van der Waals surface area contributed by atoms with E-state index in [0.29, 0.717) is 18.8 Å². The number of pyridine rings is 1. The molecule has 8 nitrogen and oxygen atoms in total. The van der Waals surface area contributed by atoms with Crippen LogP contribution < -0.4 is 4.90 Å². The van der Waals surface area contributed by atoms with E-state index in [9.17, 15) is 4.79 Å². The SMILES string of the molecule is Cc1nn2c(C)cc(C(=O)N3CCN(c4ccc(CN(C)C)cn4)CC3)nc2c1-c1ccccc1. The lowest BCUT2D eigenvalue weighted by atomic mass is 10.1. The summed E-state index contributed by atoms with van der Waals surface area (Å²) in [5.41, 5.74) is 6.18. The smallest absolute Gasteiger partial charge is 0.272 e. The zero-order valence-electron chi connectivity index (χ0n) is 20.8. The Bertz CT molecular complexity index is 1340. The molecule has 1 aromatic carbocycles. The van der Waals surface area contributed by atoms with E-state index in [-0.39, 0.29) is 5.91 Å². The summed E-state index contributed by atoms with van der Waals surface area (Å²) in [4.78, 5) is 29.1. The summed E-state index contributed by atoms with van der Waals surface area (Å²) in [6.45, 7) is 7.58. The predicted octanol–water partition coefficient (Wildman–Crippen LogP) is 3.43. The molecule has 1 aliphatic heterocycles. The van der Waals surface area contributed by atoms with Gasteiger partial charge in [-0.1, -0.05) is 36.4 Å². The van der Waals surface area contributed by atoms with Gasteiger partial charge in [0.25, 0.3) is 5.91 Å². The molecule has 4 heterocycles. The molecule has 1 fully saturated rings. The summed E-state index contributed by atoms with van der Waals surface area (Å²) in [7, 11) is 4.10. The Kier molecular flexibility index (Phi) is 6.21. The van der Waals surface area contributed by atoms with Crippen LogP contribution in [0.3, 0.4) is 0 Å². The van der Waals surface area contributed by atoms with Crippen LogP contribution >= 0.6 is 0 Å². The first-order valence-electron chi connectivity index (χ1n) is 12.0. The van der Waals surface area contributed by atoms with E-state index >= 15 is 0 Å². The molecule has 0 spiro atoms. The van der Waals surface area contributed by atoms with E-state index in [2.05, 4.69) is 58.2 Å². The van der Waals surface area contributed by atoms with E-state index < -0.39 is 0 Å². The molecule has 1 saturated heterocycles. The van der Waals surface area contributed by atoms with Crippen molar-refractivity contribution in [3.8, 4) is 11.1 Å². The van der Waals surface area contributed by atoms with Gasteiger partial charge in [-0.2, -0.15) is 5.10 Å². The Morgan fingerprint density at radius 1 is 1.00 bits per heavy atom. The first-order chi connectivity index (χ1) is 16.9. The molecule has 0 unspecified atom stereocenters. The molecular formula is C27H31N7O. The van der Waals surface area contributed by atoms with E-state index in [1.807, 2.05) is 53.7 Å². The number of fused-ring (bicyclic) bond motifs is 1. The van der Waals surface area contributed by atoms with Crippen molar-refractivity contribution in [2.45, 2.75) is 20.4 Å². The van der Waals surface area contributed by atoms with Crippen molar-refractivity contribution in [1.29, 1.82) is 0 Å². The van der Waals surface area contributed by atoms with Gasteiger partial charge in [0.15, 0.2) is 5.65 Å². The monoisotopic (exact) mass is 469 g/mol. The van der Waals surface area contributed by atoms with Gasteiger partial charge in [-0.05, 0) is 51.2 Å². The molecule has 0 bridgehead atoms. The lowest BCUT2D eigenvalue weighted by molar-refractivity contribution is 0.0740. The summed E-state index contributed by atoms with van der Waals surface area (Å²) < 4.78 is 1.83. The van der Waals surface area contributed by atoms with Crippen molar-refractivity contribution in [3.63, 3.8) is 0 Å². The second kappa shape index (κ2) is 9.46. The van der Waals surface area contributed by atoms with Crippen LogP contribution in [-0.2, 0) is 6.54 Å². The minimum atomic E-state index is -0.0394. The van der Waals surface area contributed by atoms with Gasteiger partial charge in [0.2, 0.25) is 0 Å². The Morgan fingerprint density at radius 3 is 2.40 bits per heavy atom. The maximum absolute atomic E-state index is 13.4. The quantitative estimate of drug-likeness (QED) is 0.446. The van der Waals surface area contributed by atoms with Crippen molar-refractivity contribution in [2.75, 3.05) is 45.2 Å². The van der Waals surface area contributed by atoms with Crippen molar-refractivity contribution in [1.82, 2.24) is 29.4 Å². The highest BCUT2D eigenvalue weighted by Crippen LogP contribution is 2.28. The number of hydrogen-bond acceptors (Lipinski definition) is 6. The zero-order valence-corrected chi connectivity index (χ0v) is 20.8. The fourth-order valence-corrected chi connectivity index (χ4v) is 4.69. The summed E-state index contributed by atoms with van der Waals surface area (Å²) in [6.07, 6.45) is 1.94. The highest BCUT2D eigenvalue weighted by atomic mass is 16.2. The van der Waals surface area contributed by atoms with Crippen molar-refractivity contribution in [2.24, 2.45) is 0 Å². The third kappa shape index (κ3) is 4.61. The molecule has 35 heavy (non-hydrogen) atoms. The Morgan fingerprint density at radius 2 is 1.74 bits per heavy atom.